The zero-order valence-corrected chi connectivity index (χ0v) is 12.7. The predicted molar refractivity (Wildman–Crippen MR) is 78.4 cm³/mol. The molecule has 2 heterocycles. The number of aromatic carboxylic acids is 1. The van der Waals surface area contributed by atoms with Gasteiger partial charge in [0.25, 0.3) is 0 Å². The number of carbonyl (C=O) groups is 1. The van der Waals surface area contributed by atoms with Gasteiger partial charge >= 0.3 is 5.97 Å². The first-order chi connectivity index (χ1) is 9.04. The molecule has 1 N–H and O–H groups in total. The number of nitrogens with zero attached hydrogens (tertiary/aromatic N) is 2. The fraction of sp³-hybridized carbons (Fsp3) is 0.231. The van der Waals surface area contributed by atoms with E-state index in [2.05, 4.69) is 37.3 Å². The van der Waals surface area contributed by atoms with Gasteiger partial charge in [-0.05, 0) is 52.1 Å². The number of rotatable bonds is 5. The van der Waals surface area contributed by atoms with Crippen LogP contribution in [0.3, 0.4) is 0 Å². The minimum atomic E-state index is -0.994. The number of carboxylic acid groups (broad SMARTS) is 1. The number of halogens is 1. The summed E-state index contributed by atoms with van der Waals surface area (Å²) in [7, 11) is 1.99. The summed E-state index contributed by atoms with van der Waals surface area (Å²) in [6.45, 7) is 1.43. The van der Waals surface area contributed by atoms with Crippen molar-refractivity contribution in [2.24, 2.45) is 0 Å². The lowest BCUT2D eigenvalue weighted by molar-refractivity contribution is 0.0690. The first-order valence-corrected chi connectivity index (χ1v) is 7.32. The van der Waals surface area contributed by atoms with Crippen LogP contribution in [0.2, 0.25) is 0 Å². The molecule has 0 aliphatic heterocycles. The normalized spacial score (nSPS) is 10.9. The second-order valence-corrected chi connectivity index (χ2v) is 6.54. The van der Waals surface area contributed by atoms with Gasteiger partial charge < -0.3 is 5.11 Å². The molecule has 0 bridgehead atoms. The van der Waals surface area contributed by atoms with Crippen molar-refractivity contribution in [1.82, 2.24) is 9.88 Å². The van der Waals surface area contributed by atoms with Gasteiger partial charge in [-0.2, -0.15) is 0 Å². The Balaban J connectivity index is 2.00. The summed E-state index contributed by atoms with van der Waals surface area (Å²) in [5.74, 6) is -0.994. The van der Waals surface area contributed by atoms with E-state index in [1.165, 1.54) is 11.6 Å². The summed E-state index contributed by atoms with van der Waals surface area (Å²) in [5.41, 5.74) is 2.08. The molecule has 0 unspecified atom stereocenters. The van der Waals surface area contributed by atoms with Gasteiger partial charge in [0.15, 0.2) is 0 Å². The molecule has 2 aromatic heterocycles. The molecule has 0 amide bonds. The van der Waals surface area contributed by atoms with Crippen molar-refractivity contribution < 1.29 is 9.90 Å². The molecule has 100 valence electrons. The molecule has 4 nitrogen and oxygen atoms in total. The Morgan fingerprint density at radius 3 is 2.89 bits per heavy atom. The zero-order chi connectivity index (χ0) is 13.8. The van der Waals surface area contributed by atoms with Crippen LogP contribution in [0.1, 0.15) is 21.7 Å². The van der Waals surface area contributed by atoms with E-state index >= 15 is 0 Å². The second-order valence-electron chi connectivity index (χ2n) is 4.25. The van der Waals surface area contributed by atoms with Crippen molar-refractivity contribution in [3.8, 4) is 0 Å². The maximum absolute atomic E-state index is 10.9. The van der Waals surface area contributed by atoms with Crippen molar-refractivity contribution in [3.05, 3.63) is 50.4 Å². The standard InChI is InChI=1S/C13H13BrN2O2S/c1-16(6-9-5-12(14)19-8-9)7-10-3-2-4-11(15-10)13(17)18/h2-5,8H,6-7H2,1H3,(H,17,18). The van der Waals surface area contributed by atoms with Crippen LogP contribution in [0.15, 0.2) is 33.4 Å². The summed E-state index contributed by atoms with van der Waals surface area (Å²) in [6.07, 6.45) is 0. The second kappa shape index (κ2) is 6.27. The summed E-state index contributed by atoms with van der Waals surface area (Å²) in [6, 6.07) is 7.15. The van der Waals surface area contributed by atoms with Crippen molar-refractivity contribution in [1.29, 1.82) is 0 Å². The molecule has 0 saturated carbocycles. The van der Waals surface area contributed by atoms with Crippen LogP contribution < -0.4 is 0 Å². The van der Waals surface area contributed by atoms with E-state index in [0.29, 0.717) is 6.54 Å². The largest absolute Gasteiger partial charge is 0.477 e. The lowest BCUT2D eigenvalue weighted by atomic mass is 10.2. The Hall–Kier alpha value is -1.24. The van der Waals surface area contributed by atoms with E-state index in [4.69, 9.17) is 5.11 Å². The summed E-state index contributed by atoms with van der Waals surface area (Å²) >= 11 is 5.09. The fourth-order valence-electron chi connectivity index (χ4n) is 1.76. The van der Waals surface area contributed by atoms with Crippen LogP contribution in [0.5, 0.6) is 0 Å². The SMILES string of the molecule is CN(Cc1csc(Br)c1)Cc1cccc(C(=O)O)n1. The van der Waals surface area contributed by atoms with Crippen molar-refractivity contribution in [2.75, 3.05) is 7.05 Å². The molecule has 0 spiro atoms. The smallest absolute Gasteiger partial charge is 0.354 e. The Labute approximate surface area is 123 Å². The Bertz CT molecular complexity index is 586. The molecule has 0 atom stereocenters. The molecule has 6 heteroatoms. The van der Waals surface area contributed by atoms with E-state index in [1.54, 1.807) is 17.4 Å². The van der Waals surface area contributed by atoms with Crippen LogP contribution in [-0.2, 0) is 13.1 Å². The average Bonchev–Trinajstić information content (AvgIpc) is 2.74. The number of aromatic nitrogens is 1. The molecule has 0 radical (unpaired) electrons. The van der Waals surface area contributed by atoms with Gasteiger partial charge in [-0.3, -0.25) is 4.90 Å². The van der Waals surface area contributed by atoms with Crippen LogP contribution in [0, 0.1) is 0 Å². The van der Waals surface area contributed by atoms with Crippen molar-refractivity contribution in [2.45, 2.75) is 13.1 Å². The molecule has 19 heavy (non-hydrogen) atoms. The number of hydrogen-bond donors (Lipinski definition) is 1. The highest BCUT2D eigenvalue weighted by molar-refractivity contribution is 9.11. The lowest BCUT2D eigenvalue weighted by Gasteiger charge is -2.15. The number of hydrogen-bond acceptors (Lipinski definition) is 4. The third kappa shape index (κ3) is 4.12. The van der Waals surface area contributed by atoms with Crippen LogP contribution >= 0.6 is 27.3 Å². The molecule has 0 saturated heterocycles. The van der Waals surface area contributed by atoms with Crippen LogP contribution in [0.25, 0.3) is 0 Å². The first-order valence-electron chi connectivity index (χ1n) is 5.65. The maximum atomic E-state index is 10.9. The highest BCUT2D eigenvalue weighted by Gasteiger charge is 2.08. The third-order valence-corrected chi connectivity index (χ3v) is 4.09. The number of thiophene rings is 1. The third-order valence-electron chi connectivity index (χ3n) is 2.53. The summed E-state index contributed by atoms with van der Waals surface area (Å²) in [5, 5.41) is 11.0. The highest BCUT2D eigenvalue weighted by atomic mass is 79.9. The first kappa shape index (κ1) is 14.2. The monoisotopic (exact) mass is 340 g/mol. The summed E-state index contributed by atoms with van der Waals surface area (Å²) in [4.78, 5) is 17.1. The van der Waals surface area contributed by atoms with E-state index < -0.39 is 5.97 Å². The number of carboxylic acids is 1. The molecule has 0 aliphatic carbocycles. The molecule has 0 fully saturated rings. The lowest BCUT2D eigenvalue weighted by Crippen LogP contribution is -2.18. The van der Waals surface area contributed by atoms with Gasteiger partial charge in [0.05, 0.1) is 9.48 Å². The van der Waals surface area contributed by atoms with E-state index in [1.807, 2.05) is 13.1 Å². The van der Waals surface area contributed by atoms with Gasteiger partial charge in [-0.25, -0.2) is 9.78 Å². The van der Waals surface area contributed by atoms with Crippen LogP contribution in [0.4, 0.5) is 0 Å². The number of pyridine rings is 1. The minimum Gasteiger partial charge on any atom is -0.477 e. The Morgan fingerprint density at radius 2 is 2.26 bits per heavy atom. The quantitative estimate of drug-likeness (QED) is 0.907. The predicted octanol–water partition coefficient (Wildman–Crippen LogP) is 3.24. The van der Waals surface area contributed by atoms with Crippen molar-refractivity contribution in [3.63, 3.8) is 0 Å². The highest BCUT2D eigenvalue weighted by Crippen LogP contribution is 2.21. The topological polar surface area (TPSA) is 53.4 Å². The van der Waals surface area contributed by atoms with Gasteiger partial charge in [-0.15, -0.1) is 11.3 Å². The van der Waals surface area contributed by atoms with E-state index in [9.17, 15) is 4.79 Å². The molecule has 2 rings (SSSR count). The average molecular weight is 341 g/mol. The molecular formula is C13H13BrN2O2S. The van der Waals surface area contributed by atoms with E-state index in [0.717, 1.165) is 16.0 Å². The Kier molecular flexibility index (Phi) is 4.68. The molecule has 0 aromatic carbocycles. The van der Waals surface area contributed by atoms with Gasteiger partial charge in [-0.1, -0.05) is 6.07 Å². The molecule has 0 aliphatic rings. The van der Waals surface area contributed by atoms with Gasteiger partial charge in [0, 0.05) is 13.1 Å². The molecule has 2 aromatic rings. The van der Waals surface area contributed by atoms with E-state index in [-0.39, 0.29) is 5.69 Å². The maximum Gasteiger partial charge on any atom is 0.354 e. The minimum absolute atomic E-state index is 0.0872. The molecular weight excluding hydrogens is 328 g/mol. The van der Waals surface area contributed by atoms with Gasteiger partial charge in [0.1, 0.15) is 5.69 Å². The fourth-order valence-corrected chi connectivity index (χ4v) is 2.96. The zero-order valence-electron chi connectivity index (χ0n) is 10.3. The Morgan fingerprint density at radius 1 is 1.47 bits per heavy atom. The van der Waals surface area contributed by atoms with Gasteiger partial charge in [0.2, 0.25) is 0 Å². The van der Waals surface area contributed by atoms with Crippen LogP contribution in [-0.4, -0.2) is 28.0 Å². The summed E-state index contributed by atoms with van der Waals surface area (Å²) < 4.78 is 1.11. The van der Waals surface area contributed by atoms with Crippen molar-refractivity contribution >= 4 is 33.2 Å².